The van der Waals surface area contributed by atoms with E-state index in [2.05, 4.69) is 82.7 Å². The van der Waals surface area contributed by atoms with Crippen LogP contribution in [0.25, 0.3) is 10.8 Å². The third kappa shape index (κ3) is 3.71. The van der Waals surface area contributed by atoms with Crippen molar-refractivity contribution in [1.82, 2.24) is 4.98 Å². The summed E-state index contributed by atoms with van der Waals surface area (Å²) in [7, 11) is 0. The van der Waals surface area contributed by atoms with Crippen LogP contribution in [0, 0.1) is 0 Å². The third-order valence-corrected chi connectivity index (χ3v) is 5.71. The molecule has 148 valence electrons. The molecule has 0 saturated heterocycles. The molecule has 3 aromatic carbocycles. The normalized spacial score (nSPS) is 14.0. The van der Waals surface area contributed by atoms with E-state index in [0.717, 1.165) is 38.2 Å². The first-order chi connectivity index (χ1) is 14.9. The number of amidine groups is 1. The van der Waals surface area contributed by atoms with Crippen molar-refractivity contribution < 1.29 is 0 Å². The molecule has 1 aliphatic heterocycles. The lowest BCUT2D eigenvalue weighted by molar-refractivity contribution is 0.742. The second-order valence-corrected chi connectivity index (χ2v) is 7.78. The van der Waals surface area contributed by atoms with Gasteiger partial charge in [-0.05, 0) is 47.9 Å². The molecule has 0 atom stereocenters. The summed E-state index contributed by atoms with van der Waals surface area (Å²) in [5, 5.41) is 2.61. The van der Waals surface area contributed by atoms with Gasteiger partial charge in [0.1, 0.15) is 5.84 Å². The molecule has 0 aliphatic carbocycles. The Bertz CT molecular complexity index is 1160. The molecule has 30 heavy (non-hydrogen) atoms. The molecule has 1 aromatic heterocycles. The third-order valence-electron chi connectivity index (χ3n) is 5.71. The highest BCUT2D eigenvalue weighted by atomic mass is 15.2. The zero-order valence-corrected chi connectivity index (χ0v) is 17.0. The van der Waals surface area contributed by atoms with Gasteiger partial charge >= 0.3 is 0 Å². The summed E-state index contributed by atoms with van der Waals surface area (Å²) in [5.74, 6) is 1.10. The molecule has 0 radical (unpaired) electrons. The fourth-order valence-electron chi connectivity index (χ4n) is 4.26. The van der Waals surface area contributed by atoms with Gasteiger partial charge in [0, 0.05) is 36.4 Å². The van der Waals surface area contributed by atoms with Gasteiger partial charge in [0.25, 0.3) is 0 Å². The van der Waals surface area contributed by atoms with Crippen molar-refractivity contribution in [1.29, 1.82) is 0 Å². The average molecular weight is 392 g/mol. The van der Waals surface area contributed by atoms with Crippen LogP contribution in [0.4, 0.5) is 5.69 Å². The van der Waals surface area contributed by atoms with E-state index < -0.39 is 0 Å². The first kappa shape index (κ1) is 18.6. The Hall–Kier alpha value is -3.46. The van der Waals surface area contributed by atoms with Crippen LogP contribution in [-0.4, -0.2) is 17.4 Å². The van der Waals surface area contributed by atoms with Crippen molar-refractivity contribution in [2.45, 2.75) is 25.8 Å². The van der Waals surface area contributed by atoms with Crippen molar-refractivity contribution in [2.75, 3.05) is 11.4 Å². The van der Waals surface area contributed by atoms with E-state index in [0.29, 0.717) is 0 Å². The number of nitrogens with zero attached hydrogens (tertiary/aromatic N) is 3. The summed E-state index contributed by atoms with van der Waals surface area (Å²) in [6.07, 6.45) is 7.04. The molecule has 0 bridgehead atoms. The minimum absolute atomic E-state index is 0.836. The Morgan fingerprint density at radius 1 is 0.767 bits per heavy atom. The molecule has 0 saturated carbocycles. The highest BCUT2D eigenvalue weighted by molar-refractivity contribution is 6.27. The monoisotopic (exact) mass is 391 g/mol. The van der Waals surface area contributed by atoms with E-state index in [1.807, 2.05) is 18.5 Å². The minimum Gasteiger partial charge on any atom is -0.321 e. The Morgan fingerprint density at radius 2 is 1.60 bits per heavy atom. The van der Waals surface area contributed by atoms with Gasteiger partial charge in [0.2, 0.25) is 0 Å². The predicted molar refractivity (Wildman–Crippen MR) is 125 cm³/mol. The maximum absolute atomic E-state index is 5.10. The molecular formula is C27H25N3. The van der Waals surface area contributed by atoms with Gasteiger partial charge in [0.15, 0.2) is 0 Å². The SMILES string of the molecule is c1ccc(CN2/C(=N\CCCCc3cccnc3)c3cccc4cccc2c34)cc1. The second-order valence-electron chi connectivity index (χ2n) is 7.78. The van der Waals surface area contributed by atoms with Crippen LogP contribution in [0.3, 0.4) is 0 Å². The summed E-state index contributed by atoms with van der Waals surface area (Å²) in [6, 6.07) is 27.9. The highest BCUT2D eigenvalue weighted by Gasteiger charge is 2.27. The second kappa shape index (κ2) is 8.50. The van der Waals surface area contributed by atoms with E-state index in [9.17, 15) is 0 Å². The number of hydrogen-bond acceptors (Lipinski definition) is 2. The predicted octanol–water partition coefficient (Wildman–Crippen LogP) is 6.02. The maximum atomic E-state index is 5.10. The van der Waals surface area contributed by atoms with Gasteiger partial charge in [-0.3, -0.25) is 9.98 Å². The number of aryl methyl sites for hydroxylation is 1. The summed E-state index contributed by atoms with van der Waals surface area (Å²) in [4.78, 5) is 11.7. The van der Waals surface area contributed by atoms with Gasteiger partial charge in [-0.2, -0.15) is 0 Å². The van der Waals surface area contributed by atoms with Crippen LogP contribution in [0.1, 0.15) is 29.5 Å². The number of rotatable bonds is 7. The van der Waals surface area contributed by atoms with Crippen LogP contribution in [0.5, 0.6) is 0 Å². The van der Waals surface area contributed by atoms with Crippen molar-refractivity contribution in [2.24, 2.45) is 4.99 Å². The molecule has 3 heteroatoms. The number of anilines is 1. The molecule has 0 fully saturated rings. The molecule has 0 unspecified atom stereocenters. The zero-order chi connectivity index (χ0) is 20.2. The standard InChI is InChI=1S/C27H25N3/c1-2-10-22(11-3-1)20-30-25-16-7-14-23-13-6-15-24(26(23)25)27(30)29-18-5-4-9-21-12-8-17-28-19-21/h1-3,6-8,10-17,19H,4-5,9,18,20H2/b29-27-. The number of aliphatic imine (C=N–C) groups is 1. The van der Waals surface area contributed by atoms with Crippen LogP contribution < -0.4 is 4.90 Å². The first-order valence-electron chi connectivity index (χ1n) is 10.7. The molecule has 2 heterocycles. The number of aromatic nitrogens is 1. The van der Waals surface area contributed by atoms with E-state index in [1.165, 1.54) is 33.2 Å². The highest BCUT2D eigenvalue weighted by Crippen LogP contribution is 2.38. The van der Waals surface area contributed by atoms with Crippen LogP contribution in [0.15, 0.2) is 96.2 Å². The van der Waals surface area contributed by atoms with Crippen molar-refractivity contribution in [3.63, 3.8) is 0 Å². The average Bonchev–Trinajstić information content (AvgIpc) is 3.10. The summed E-state index contributed by atoms with van der Waals surface area (Å²) in [5.41, 5.74) is 5.12. The Morgan fingerprint density at radius 3 is 2.43 bits per heavy atom. The lowest BCUT2D eigenvalue weighted by Gasteiger charge is -2.21. The van der Waals surface area contributed by atoms with Gasteiger partial charge < -0.3 is 4.90 Å². The minimum atomic E-state index is 0.836. The summed E-state index contributed by atoms with van der Waals surface area (Å²) < 4.78 is 0. The Kier molecular flexibility index (Phi) is 5.26. The topological polar surface area (TPSA) is 28.5 Å². The van der Waals surface area contributed by atoms with Gasteiger partial charge in [-0.15, -0.1) is 0 Å². The van der Waals surface area contributed by atoms with Crippen LogP contribution in [0.2, 0.25) is 0 Å². The van der Waals surface area contributed by atoms with Crippen molar-refractivity contribution in [3.05, 3.63) is 108 Å². The lowest BCUT2D eigenvalue weighted by atomic mass is 10.1. The molecule has 0 spiro atoms. The van der Waals surface area contributed by atoms with Gasteiger partial charge in [-0.25, -0.2) is 0 Å². The van der Waals surface area contributed by atoms with E-state index in [-0.39, 0.29) is 0 Å². The lowest BCUT2D eigenvalue weighted by Crippen LogP contribution is -2.27. The van der Waals surface area contributed by atoms with Crippen molar-refractivity contribution >= 4 is 22.3 Å². The van der Waals surface area contributed by atoms with E-state index >= 15 is 0 Å². The molecule has 0 amide bonds. The molecule has 1 aliphatic rings. The number of pyridine rings is 1. The Balaban J connectivity index is 1.38. The largest absolute Gasteiger partial charge is 0.321 e. The van der Waals surface area contributed by atoms with Crippen LogP contribution in [-0.2, 0) is 13.0 Å². The first-order valence-corrected chi connectivity index (χ1v) is 10.7. The molecule has 5 rings (SSSR count). The number of benzene rings is 3. The van der Waals surface area contributed by atoms with Gasteiger partial charge in [0.05, 0.1) is 5.69 Å². The molecular weight excluding hydrogens is 366 g/mol. The zero-order valence-electron chi connectivity index (χ0n) is 17.0. The fraction of sp³-hybridized carbons (Fsp3) is 0.185. The van der Waals surface area contributed by atoms with Crippen molar-refractivity contribution in [3.8, 4) is 0 Å². The quantitative estimate of drug-likeness (QED) is 0.360. The molecule has 3 nitrogen and oxygen atoms in total. The number of hydrogen-bond donors (Lipinski definition) is 0. The fourth-order valence-corrected chi connectivity index (χ4v) is 4.26. The van der Waals surface area contributed by atoms with Crippen LogP contribution >= 0.6 is 0 Å². The Labute approximate surface area is 177 Å². The summed E-state index contributed by atoms with van der Waals surface area (Å²) in [6.45, 7) is 1.68. The van der Waals surface area contributed by atoms with E-state index in [4.69, 9.17) is 4.99 Å². The molecule has 0 N–H and O–H groups in total. The van der Waals surface area contributed by atoms with E-state index in [1.54, 1.807) is 0 Å². The summed E-state index contributed by atoms with van der Waals surface area (Å²) >= 11 is 0. The van der Waals surface area contributed by atoms with Gasteiger partial charge in [-0.1, -0.05) is 66.7 Å². The smallest absolute Gasteiger partial charge is 0.136 e. The number of unbranched alkanes of at least 4 members (excludes halogenated alkanes) is 1. The molecule has 4 aromatic rings. The maximum Gasteiger partial charge on any atom is 0.136 e.